The summed E-state index contributed by atoms with van der Waals surface area (Å²) in [4.78, 5) is 0. The van der Waals surface area contributed by atoms with Crippen molar-refractivity contribution in [2.45, 2.75) is 0 Å². The second kappa shape index (κ2) is 19.4. The molecule has 0 heterocycles. The van der Waals surface area contributed by atoms with Crippen LogP contribution in [-0.4, -0.2) is 56.4 Å². The van der Waals surface area contributed by atoms with Crippen molar-refractivity contribution in [3.05, 3.63) is 0 Å². The van der Waals surface area contributed by atoms with E-state index in [1.54, 1.807) is 0 Å². The van der Waals surface area contributed by atoms with Gasteiger partial charge >= 0.3 is 45.5 Å². The van der Waals surface area contributed by atoms with E-state index in [-0.39, 0.29) is 81.0 Å². The first-order chi connectivity index (χ1) is 0. The molecule has 0 spiro atoms. The molecule has 0 bridgehead atoms. The molecule has 0 aromatic carbocycles. The Bertz CT molecular complexity index is 11.5. The Labute approximate surface area is 79.7 Å². The minimum absolute atomic E-state index is 0. The maximum absolute atomic E-state index is 0. The third-order valence-electron chi connectivity index (χ3n) is 0. The Morgan fingerprint density at radius 3 is 1.00 bits per heavy atom. The molecule has 0 aliphatic heterocycles. The van der Waals surface area contributed by atoms with Gasteiger partial charge in [-0.1, -0.05) is 0 Å². The Morgan fingerprint density at radius 2 is 1.00 bits per heavy atom. The van der Waals surface area contributed by atoms with E-state index in [1.165, 1.54) is 0 Å². The summed E-state index contributed by atoms with van der Waals surface area (Å²) in [7, 11) is 0. The van der Waals surface area contributed by atoms with Gasteiger partial charge in [-0.25, -0.2) is 0 Å². The van der Waals surface area contributed by atoms with Gasteiger partial charge in [-0.05, 0) is 0 Å². The van der Waals surface area contributed by atoms with Crippen LogP contribution in [0.25, 0.3) is 0 Å². The SMILES string of the molecule is O.O.[H-].[H-].[Sr+2].[Ti]. The smallest absolute Gasteiger partial charge is 1.00 e. The molecule has 0 aliphatic rings. The second-order valence-electron chi connectivity index (χ2n) is 0. The molecule has 2 nitrogen and oxygen atoms in total. The van der Waals surface area contributed by atoms with Crippen molar-refractivity contribution >= 4 is 45.5 Å². The van der Waals surface area contributed by atoms with E-state index in [2.05, 4.69) is 0 Å². The molecule has 0 fully saturated rings. The third kappa shape index (κ3) is 8.93. The molecule has 0 saturated carbocycles. The molecule has 0 amide bonds. The van der Waals surface area contributed by atoms with Gasteiger partial charge in [-0.2, -0.15) is 0 Å². The zero-order valence-corrected chi connectivity index (χ0v) is 7.24. The van der Waals surface area contributed by atoms with Crippen LogP contribution in [-0.2, 0) is 21.7 Å². The molecular weight excluding hydrogens is 167 g/mol. The average Bonchev–Trinajstić information content (AvgIpc) is 0. The van der Waals surface area contributed by atoms with Crippen LogP contribution in [0, 0.1) is 0 Å². The van der Waals surface area contributed by atoms with Crippen LogP contribution in [0.2, 0.25) is 0 Å². The molecule has 0 rings (SSSR count). The molecule has 4 heavy (non-hydrogen) atoms. The maximum atomic E-state index is 0. The normalized spacial score (nSPS) is 0. The first kappa shape index (κ1) is 35.8. The summed E-state index contributed by atoms with van der Waals surface area (Å²) in [6.07, 6.45) is 0. The third-order valence-corrected chi connectivity index (χ3v) is 0. The largest absolute Gasteiger partial charge is 2.00 e. The Kier molecular flexibility index (Phi) is 173. The summed E-state index contributed by atoms with van der Waals surface area (Å²) < 4.78 is 0. The van der Waals surface area contributed by atoms with Gasteiger partial charge < -0.3 is 13.8 Å². The van der Waals surface area contributed by atoms with E-state index in [0.717, 1.165) is 0 Å². The van der Waals surface area contributed by atoms with Crippen LogP contribution in [0.4, 0.5) is 0 Å². The first-order valence-corrected chi connectivity index (χ1v) is 0. The monoisotopic (exact) mass is 174 g/mol. The second-order valence-corrected chi connectivity index (χ2v) is 0. The van der Waals surface area contributed by atoms with E-state index in [1.807, 2.05) is 0 Å². The van der Waals surface area contributed by atoms with Crippen molar-refractivity contribution in [1.29, 1.82) is 0 Å². The molecule has 0 saturated heterocycles. The average molecular weight is 174 g/mol. The minimum atomic E-state index is 0. The van der Waals surface area contributed by atoms with Crippen LogP contribution >= 0.6 is 0 Å². The van der Waals surface area contributed by atoms with Crippen molar-refractivity contribution in [3.8, 4) is 0 Å². The van der Waals surface area contributed by atoms with Crippen molar-refractivity contribution < 1.29 is 35.5 Å². The zero-order valence-electron chi connectivity index (χ0n) is 4.21. The first-order valence-electron chi connectivity index (χ1n) is 0. The van der Waals surface area contributed by atoms with Crippen LogP contribution < -0.4 is 0 Å². The summed E-state index contributed by atoms with van der Waals surface area (Å²) >= 11 is 0. The summed E-state index contributed by atoms with van der Waals surface area (Å²) in [6, 6.07) is 0. The van der Waals surface area contributed by atoms with Gasteiger partial charge in [-0.3, -0.25) is 0 Å². The molecule has 0 unspecified atom stereocenters. The maximum Gasteiger partial charge on any atom is 2.00 e. The fourth-order valence-corrected chi connectivity index (χ4v) is 0. The van der Waals surface area contributed by atoms with Crippen molar-refractivity contribution in [2.75, 3.05) is 0 Å². The quantitative estimate of drug-likeness (QED) is 0.388. The molecule has 4 heteroatoms. The van der Waals surface area contributed by atoms with Crippen LogP contribution in [0.5, 0.6) is 0 Å². The minimum Gasteiger partial charge on any atom is -1.00 e. The predicted molar refractivity (Wildman–Crippen MR) is 15.2 cm³/mol. The van der Waals surface area contributed by atoms with Gasteiger partial charge in [0.05, 0.1) is 0 Å². The van der Waals surface area contributed by atoms with E-state index in [0.29, 0.717) is 0 Å². The van der Waals surface area contributed by atoms with Crippen LogP contribution in [0.15, 0.2) is 0 Å². The molecular formula is H6O2SrTi. The summed E-state index contributed by atoms with van der Waals surface area (Å²) in [5.41, 5.74) is 0. The van der Waals surface area contributed by atoms with E-state index in [9.17, 15) is 0 Å². The van der Waals surface area contributed by atoms with Crippen molar-refractivity contribution in [2.24, 2.45) is 0 Å². The van der Waals surface area contributed by atoms with Gasteiger partial charge in [-0.15, -0.1) is 0 Å². The standard InChI is InChI=1S/2H2O.Sr.Ti.2H/h2*1H2;;;;/q;;+2;;2*-1. The topological polar surface area (TPSA) is 63.0 Å². The van der Waals surface area contributed by atoms with E-state index >= 15 is 0 Å². The predicted octanol–water partition coefficient (Wildman–Crippen LogP) is -1.81. The Balaban J connectivity index is 0. The zero-order chi connectivity index (χ0) is 0. The number of hydrogen-bond donors (Lipinski definition) is 0. The summed E-state index contributed by atoms with van der Waals surface area (Å²) in [5, 5.41) is 0. The van der Waals surface area contributed by atoms with Gasteiger partial charge in [0.25, 0.3) is 0 Å². The summed E-state index contributed by atoms with van der Waals surface area (Å²) in [5.74, 6) is 0. The molecule has 24 valence electrons. The Morgan fingerprint density at radius 1 is 1.00 bits per heavy atom. The Hall–Kier alpha value is 2.11. The number of rotatable bonds is 0. The fraction of sp³-hybridized carbons (Fsp3) is 0. The van der Waals surface area contributed by atoms with Gasteiger partial charge in [0.2, 0.25) is 0 Å². The van der Waals surface area contributed by atoms with Crippen LogP contribution in [0.1, 0.15) is 2.85 Å². The molecule has 0 atom stereocenters. The van der Waals surface area contributed by atoms with Crippen molar-refractivity contribution in [3.63, 3.8) is 0 Å². The van der Waals surface area contributed by atoms with Crippen molar-refractivity contribution in [1.82, 2.24) is 0 Å². The van der Waals surface area contributed by atoms with E-state index < -0.39 is 0 Å². The molecule has 4 N–H and O–H groups in total. The molecule has 0 radical (unpaired) electrons. The van der Waals surface area contributed by atoms with Gasteiger partial charge in [0, 0.05) is 21.7 Å². The van der Waals surface area contributed by atoms with E-state index in [4.69, 9.17) is 0 Å². The van der Waals surface area contributed by atoms with Gasteiger partial charge in [0.15, 0.2) is 0 Å². The molecule has 0 aromatic rings. The van der Waals surface area contributed by atoms with Gasteiger partial charge in [0.1, 0.15) is 0 Å². The summed E-state index contributed by atoms with van der Waals surface area (Å²) in [6.45, 7) is 0. The van der Waals surface area contributed by atoms with Crippen LogP contribution in [0.3, 0.4) is 0 Å². The fourth-order valence-electron chi connectivity index (χ4n) is 0. The molecule has 0 aromatic heterocycles. The number of hydrogen-bond acceptors (Lipinski definition) is 0. The molecule has 0 aliphatic carbocycles.